The van der Waals surface area contributed by atoms with Crippen LogP contribution < -0.4 is 4.74 Å². The van der Waals surface area contributed by atoms with E-state index in [1.165, 1.54) is 23.1 Å². The second-order valence-corrected chi connectivity index (χ2v) is 10.2. The number of carbonyl (C=O) groups is 2. The van der Waals surface area contributed by atoms with E-state index in [1.807, 2.05) is 11.8 Å². The van der Waals surface area contributed by atoms with E-state index in [0.717, 1.165) is 12.1 Å². The Bertz CT molecular complexity index is 1400. The number of fused-ring (bicyclic) bond motifs is 4. The van der Waals surface area contributed by atoms with Gasteiger partial charge in [-0.05, 0) is 67.9 Å². The van der Waals surface area contributed by atoms with Crippen molar-refractivity contribution >= 4 is 22.8 Å². The number of ether oxygens (including phenoxy) is 1. The van der Waals surface area contributed by atoms with Crippen molar-refractivity contribution in [2.45, 2.75) is 44.9 Å². The maximum Gasteiger partial charge on any atom is 0.387 e. The van der Waals surface area contributed by atoms with Crippen LogP contribution in [-0.2, 0) is 11.2 Å². The Morgan fingerprint density at radius 1 is 1.21 bits per heavy atom. The van der Waals surface area contributed by atoms with Crippen LogP contribution in [0.2, 0.25) is 0 Å². The van der Waals surface area contributed by atoms with Crippen molar-refractivity contribution in [3.8, 4) is 11.5 Å². The van der Waals surface area contributed by atoms with Gasteiger partial charge in [-0.15, -0.1) is 0 Å². The molecule has 0 bridgehead atoms. The van der Waals surface area contributed by atoms with Gasteiger partial charge >= 0.3 is 12.6 Å². The summed E-state index contributed by atoms with van der Waals surface area (Å²) in [6.45, 7) is 2.87. The summed E-state index contributed by atoms with van der Waals surface area (Å²) in [4.78, 5) is 36.0. The van der Waals surface area contributed by atoms with Crippen molar-refractivity contribution in [2.24, 2.45) is 0 Å². The molecule has 11 heteroatoms. The number of imide groups is 1. The van der Waals surface area contributed by atoms with Crippen LogP contribution in [0, 0.1) is 0 Å². The number of aliphatic hydroxyl groups is 1. The molecule has 1 aromatic heterocycles. The zero-order valence-electron chi connectivity index (χ0n) is 21.9. The van der Waals surface area contributed by atoms with Crippen LogP contribution in [0.4, 0.5) is 13.6 Å². The minimum Gasteiger partial charge on any atom is -0.508 e. The molecule has 39 heavy (non-hydrogen) atoms. The number of hydrogen-bond donors (Lipinski definition) is 3. The molecule has 0 saturated carbocycles. The van der Waals surface area contributed by atoms with Crippen molar-refractivity contribution in [1.29, 1.82) is 0 Å². The maximum atomic E-state index is 13.9. The lowest BCUT2D eigenvalue weighted by molar-refractivity contribution is -0.133. The molecule has 0 unspecified atom stereocenters. The topological polar surface area (TPSA) is 109 Å². The Balaban J connectivity index is 1.56. The highest BCUT2D eigenvalue weighted by atomic mass is 19.3. The van der Waals surface area contributed by atoms with E-state index in [0.29, 0.717) is 41.7 Å². The zero-order valence-corrected chi connectivity index (χ0v) is 21.9. The number of nitrogens with one attached hydrogen (secondary N) is 1. The van der Waals surface area contributed by atoms with E-state index >= 15 is 0 Å². The molecule has 9 nitrogen and oxygen atoms in total. The molecule has 3 aromatic rings. The number of nitrogens with zero attached hydrogens (tertiary/aromatic N) is 3. The number of phenolic OH excluding ortho intramolecular Hbond substituents is 1. The van der Waals surface area contributed by atoms with Gasteiger partial charge in [-0.2, -0.15) is 8.78 Å². The lowest BCUT2D eigenvalue weighted by atomic mass is 9.81. The number of H-pyrrole nitrogens is 1. The summed E-state index contributed by atoms with van der Waals surface area (Å²) >= 11 is 0. The average molecular weight is 543 g/mol. The predicted octanol–water partition coefficient (Wildman–Crippen LogP) is 3.85. The number of carbonyl (C=O) groups excluding carboxylic acids is 2. The molecule has 3 N–H and O–H groups in total. The third-order valence-corrected chi connectivity index (χ3v) is 7.77. The van der Waals surface area contributed by atoms with E-state index in [4.69, 9.17) is 0 Å². The molecular weight excluding hydrogens is 510 g/mol. The number of phenols is 1. The summed E-state index contributed by atoms with van der Waals surface area (Å²) < 4.78 is 30.5. The van der Waals surface area contributed by atoms with Gasteiger partial charge in [0.05, 0.1) is 6.61 Å². The molecule has 3 amide bonds. The highest BCUT2D eigenvalue weighted by Crippen LogP contribution is 2.49. The van der Waals surface area contributed by atoms with Gasteiger partial charge in [0.15, 0.2) is 0 Å². The Kier molecular flexibility index (Phi) is 7.21. The van der Waals surface area contributed by atoms with Crippen LogP contribution in [0.15, 0.2) is 42.5 Å². The molecule has 0 spiro atoms. The molecule has 2 aliphatic rings. The molecule has 1 fully saturated rings. The number of benzene rings is 2. The van der Waals surface area contributed by atoms with E-state index in [-0.39, 0.29) is 37.0 Å². The summed E-state index contributed by atoms with van der Waals surface area (Å²) in [6, 6.07) is 10.0. The van der Waals surface area contributed by atoms with E-state index in [9.17, 15) is 28.6 Å². The van der Waals surface area contributed by atoms with Gasteiger partial charge in [0.1, 0.15) is 23.1 Å². The van der Waals surface area contributed by atoms with Crippen LogP contribution in [-0.4, -0.2) is 86.8 Å². The van der Waals surface area contributed by atoms with E-state index < -0.39 is 24.2 Å². The van der Waals surface area contributed by atoms with E-state index in [1.54, 1.807) is 36.1 Å². The van der Waals surface area contributed by atoms with Gasteiger partial charge in [-0.1, -0.05) is 19.1 Å². The number of alkyl halides is 2. The number of amides is 3. The van der Waals surface area contributed by atoms with Gasteiger partial charge in [0.2, 0.25) is 0 Å². The number of urea groups is 1. The second-order valence-electron chi connectivity index (χ2n) is 10.2. The summed E-state index contributed by atoms with van der Waals surface area (Å²) in [7, 11) is 0. The number of aromatic amines is 1. The van der Waals surface area contributed by atoms with Crippen molar-refractivity contribution in [3.63, 3.8) is 0 Å². The minimum atomic E-state index is -2.98. The van der Waals surface area contributed by atoms with Gasteiger partial charge in [0, 0.05) is 36.1 Å². The van der Waals surface area contributed by atoms with Gasteiger partial charge < -0.3 is 24.8 Å². The fraction of sp³-hybridized carbons (Fsp3) is 0.429. The summed E-state index contributed by atoms with van der Waals surface area (Å²) in [5, 5.41) is 20.2. The number of likely N-dealkylation sites (N-methyl/N-ethyl adjacent to an activating group) is 1. The first-order valence-electron chi connectivity index (χ1n) is 13.0. The lowest BCUT2D eigenvalue weighted by Gasteiger charge is -2.42. The Morgan fingerprint density at radius 2 is 2.00 bits per heavy atom. The first-order valence-corrected chi connectivity index (χ1v) is 13.0. The Hall–Kier alpha value is -3.70. The zero-order chi connectivity index (χ0) is 27.9. The molecule has 5 rings (SSSR count). The van der Waals surface area contributed by atoms with Crippen molar-refractivity contribution in [3.05, 3.63) is 59.3 Å². The highest BCUT2D eigenvalue weighted by molar-refractivity contribution is 6.08. The number of aliphatic hydroxyl groups excluding tert-OH is 1. The minimum absolute atomic E-state index is 0.000373. The van der Waals surface area contributed by atoms with Crippen molar-refractivity contribution in [1.82, 2.24) is 19.7 Å². The van der Waals surface area contributed by atoms with Crippen LogP contribution in [0.5, 0.6) is 11.5 Å². The number of hydrogen-bond acceptors (Lipinski definition) is 6. The summed E-state index contributed by atoms with van der Waals surface area (Å²) in [5.74, 6) is -0.314. The van der Waals surface area contributed by atoms with Crippen molar-refractivity contribution in [2.75, 3.05) is 32.8 Å². The van der Waals surface area contributed by atoms with Crippen LogP contribution in [0.25, 0.3) is 10.9 Å². The summed E-state index contributed by atoms with van der Waals surface area (Å²) in [6.07, 6.45) is 0.733. The van der Waals surface area contributed by atoms with Crippen molar-refractivity contribution < 1.29 is 33.3 Å². The smallest absolute Gasteiger partial charge is 0.387 e. The average Bonchev–Trinajstić information content (AvgIpc) is 3.33. The number of aromatic nitrogens is 1. The number of halogens is 2. The first kappa shape index (κ1) is 26.9. The van der Waals surface area contributed by atoms with Crippen LogP contribution in [0.1, 0.15) is 43.1 Å². The number of rotatable bonds is 10. The second kappa shape index (κ2) is 10.5. The SMILES string of the molecule is CCN(CCO)CCCN1C(=O)N2[C@H](c3cccc(O)c3)c3[nH]c4ccc(OC(F)F)cc4c3C[C@@]2(C)C1=O. The fourth-order valence-electron chi connectivity index (χ4n) is 5.93. The molecule has 2 atom stereocenters. The quantitative estimate of drug-likeness (QED) is 0.336. The number of aromatic hydroxyl groups is 1. The first-order chi connectivity index (χ1) is 18.7. The van der Waals surface area contributed by atoms with Crippen LogP contribution in [0.3, 0.4) is 0 Å². The molecule has 2 aliphatic heterocycles. The predicted molar refractivity (Wildman–Crippen MR) is 140 cm³/mol. The molecule has 0 aliphatic carbocycles. The maximum absolute atomic E-state index is 13.9. The molecule has 208 valence electrons. The van der Waals surface area contributed by atoms with Gasteiger partial charge in [0.25, 0.3) is 5.91 Å². The Labute approximate surface area is 224 Å². The van der Waals surface area contributed by atoms with Gasteiger partial charge in [-0.3, -0.25) is 14.6 Å². The fourth-order valence-corrected chi connectivity index (χ4v) is 5.93. The largest absolute Gasteiger partial charge is 0.508 e. The van der Waals surface area contributed by atoms with E-state index in [2.05, 4.69) is 9.72 Å². The molecular formula is C28H32F2N4O5. The molecule has 2 aromatic carbocycles. The molecule has 0 radical (unpaired) electrons. The van der Waals surface area contributed by atoms with Gasteiger partial charge in [-0.25, -0.2) is 4.79 Å². The third kappa shape index (κ3) is 4.70. The highest BCUT2D eigenvalue weighted by Gasteiger charge is 2.60. The standard InChI is InChI=1S/C28H32F2N4O5/c1-3-32(12-13-35)10-5-11-33-25(37)28(2)16-21-20-15-19(39-26(29)30)8-9-22(20)31-23(21)24(34(28)27(33)38)17-6-4-7-18(36)14-17/h4,6-9,14-15,24,26,31,35-36H,3,5,10-13,16H2,1-2H3/t24-,28+/m1/s1. The lowest BCUT2D eigenvalue weighted by Crippen LogP contribution is -2.53. The third-order valence-electron chi connectivity index (χ3n) is 7.77. The monoisotopic (exact) mass is 542 g/mol. The summed E-state index contributed by atoms with van der Waals surface area (Å²) in [5.41, 5.74) is 1.44. The Morgan fingerprint density at radius 3 is 2.69 bits per heavy atom. The molecule has 3 heterocycles. The van der Waals surface area contributed by atoms with Crippen LogP contribution >= 0.6 is 0 Å². The molecule has 1 saturated heterocycles. The normalized spacial score (nSPS) is 20.8.